The highest BCUT2D eigenvalue weighted by Gasteiger charge is 2.26. The monoisotopic (exact) mass is 733 g/mol. The van der Waals surface area contributed by atoms with E-state index in [1.165, 1.54) is 50.1 Å². The Balaban J connectivity index is 2.12. The molecular weight excluding hydrogens is 661 g/mol. The number of hydrogen-bond acceptors (Lipinski definition) is 3. The third-order valence-corrected chi connectivity index (χ3v) is 11.8. The van der Waals surface area contributed by atoms with E-state index in [0.29, 0.717) is 17.2 Å². The molecule has 54 heavy (non-hydrogen) atoms. The first kappa shape index (κ1) is 43.0. The third-order valence-electron chi connectivity index (χ3n) is 11.8. The Morgan fingerprint density at radius 1 is 0.315 bits per heavy atom. The van der Waals surface area contributed by atoms with Crippen molar-refractivity contribution in [3.63, 3.8) is 0 Å². The van der Waals surface area contributed by atoms with Crippen LogP contribution in [0.3, 0.4) is 0 Å². The van der Waals surface area contributed by atoms with Gasteiger partial charge in [-0.15, -0.1) is 0 Å². The second-order valence-corrected chi connectivity index (χ2v) is 17.8. The van der Waals surface area contributed by atoms with Crippen LogP contribution in [0.4, 0.5) is 0 Å². The molecule has 0 aliphatic carbocycles. The van der Waals surface area contributed by atoms with Crippen LogP contribution in [0.2, 0.25) is 0 Å². The minimum absolute atomic E-state index is 0.206. The molecule has 0 spiro atoms. The minimum atomic E-state index is 0.206. The lowest BCUT2D eigenvalue weighted by molar-refractivity contribution is 0.453. The predicted molar refractivity (Wildman–Crippen MR) is 232 cm³/mol. The Bertz CT molecular complexity index is 1850. The van der Waals surface area contributed by atoms with Crippen LogP contribution in [0.15, 0.2) is 36.4 Å². The van der Waals surface area contributed by atoms with Crippen molar-refractivity contribution in [1.82, 2.24) is 0 Å². The van der Waals surface area contributed by atoms with Gasteiger partial charge in [0.2, 0.25) is 0 Å². The molecule has 0 aliphatic heterocycles. The van der Waals surface area contributed by atoms with Gasteiger partial charge in [-0.3, -0.25) is 0 Å². The molecular formula is C51H72O3. The molecule has 3 heteroatoms. The van der Waals surface area contributed by atoms with Gasteiger partial charge in [0.05, 0.1) is 0 Å². The maximum atomic E-state index is 11.4. The van der Waals surface area contributed by atoms with Crippen LogP contribution in [0.1, 0.15) is 223 Å². The molecule has 4 rings (SSSR count). The van der Waals surface area contributed by atoms with Gasteiger partial charge >= 0.3 is 0 Å². The summed E-state index contributed by atoms with van der Waals surface area (Å²) in [5.41, 5.74) is 18.5. The van der Waals surface area contributed by atoms with E-state index in [1.807, 2.05) is 0 Å². The lowest BCUT2D eigenvalue weighted by atomic mass is 9.77. The fraction of sp³-hybridized carbons (Fsp3) is 0.529. The molecule has 0 bridgehead atoms. The molecule has 0 unspecified atom stereocenters. The smallest absolute Gasteiger partial charge is 0.122 e. The molecule has 4 aromatic carbocycles. The van der Waals surface area contributed by atoms with Gasteiger partial charge in [-0.05, 0) is 157 Å². The van der Waals surface area contributed by atoms with E-state index >= 15 is 0 Å². The van der Waals surface area contributed by atoms with E-state index in [0.717, 1.165) is 71.9 Å². The number of phenols is 3. The van der Waals surface area contributed by atoms with Crippen LogP contribution in [0, 0.1) is 0 Å². The Morgan fingerprint density at radius 3 is 0.648 bits per heavy atom. The van der Waals surface area contributed by atoms with Gasteiger partial charge in [-0.25, -0.2) is 0 Å². The largest absolute Gasteiger partial charge is 0.507 e. The van der Waals surface area contributed by atoms with Crippen molar-refractivity contribution in [3.05, 3.63) is 120 Å². The zero-order valence-electron chi connectivity index (χ0n) is 36.5. The molecule has 0 radical (unpaired) electrons. The second-order valence-electron chi connectivity index (χ2n) is 17.8. The van der Waals surface area contributed by atoms with Crippen molar-refractivity contribution in [1.29, 1.82) is 0 Å². The maximum Gasteiger partial charge on any atom is 0.122 e. The van der Waals surface area contributed by atoms with E-state index in [-0.39, 0.29) is 35.5 Å². The van der Waals surface area contributed by atoms with Crippen molar-refractivity contribution in [2.75, 3.05) is 0 Å². The molecule has 0 aliphatic rings. The van der Waals surface area contributed by atoms with Gasteiger partial charge in [0, 0.05) is 0 Å². The Morgan fingerprint density at radius 2 is 0.481 bits per heavy atom. The lowest BCUT2D eigenvalue weighted by Crippen LogP contribution is -2.15. The van der Waals surface area contributed by atoms with Crippen molar-refractivity contribution in [2.24, 2.45) is 0 Å². The Hall–Kier alpha value is -3.72. The van der Waals surface area contributed by atoms with E-state index in [1.54, 1.807) is 0 Å². The summed E-state index contributed by atoms with van der Waals surface area (Å²) in [5.74, 6) is 2.62. The molecule has 0 atom stereocenters. The van der Waals surface area contributed by atoms with Gasteiger partial charge in [0.15, 0.2) is 0 Å². The summed E-state index contributed by atoms with van der Waals surface area (Å²) in [7, 11) is 0. The van der Waals surface area contributed by atoms with Crippen molar-refractivity contribution in [3.8, 4) is 17.2 Å². The standard InChI is InChI=1S/C51H72O3/c1-16-37-38(17-2)47(26-35-21-42(30(8)9)50(53)43(22-35)31(10)11)48(27-36-23-44(32(12)13)51(54)45(24-36)33(14)15)39(18-3)46(37)25-34-19-40(28(4)5)49(52)41(20-34)29(6)7/h19-24,28-33,52-54H,16-18,25-27H2,1-15H3. The predicted octanol–water partition coefficient (Wildman–Crippen LogP) is 14.0. The molecule has 0 heterocycles. The summed E-state index contributed by atoms with van der Waals surface area (Å²) in [6.07, 6.45) is 5.21. The zero-order valence-corrected chi connectivity index (χ0v) is 36.5. The highest BCUT2D eigenvalue weighted by molar-refractivity contribution is 5.59. The Kier molecular flexibility index (Phi) is 14.2. The number of phenolic OH excluding ortho intramolecular Hbond substituents is 3. The fourth-order valence-corrected chi connectivity index (χ4v) is 8.81. The Labute approximate surface area is 329 Å². The number of hydrogen-bond donors (Lipinski definition) is 3. The molecule has 0 saturated heterocycles. The third kappa shape index (κ3) is 8.87. The molecule has 4 aromatic rings. The van der Waals surface area contributed by atoms with Crippen LogP contribution in [0.25, 0.3) is 0 Å². The first-order chi connectivity index (χ1) is 25.4. The maximum absolute atomic E-state index is 11.4. The minimum Gasteiger partial charge on any atom is -0.507 e. The van der Waals surface area contributed by atoms with Crippen LogP contribution in [0.5, 0.6) is 17.2 Å². The molecule has 3 nitrogen and oxygen atoms in total. The molecule has 294 valence electrons. The van der Waals surface area contributed by atoms with Crippen molar-refractivity contribution >= 4 is 0 Å². The number of rotatable bonds is 15. The van der Waals surface area contributed by atoms with E-state index in [9.17, 15) is 15.3 Å². The first-order valence-corrected chi connectivity index (χ1v) is 21.1. The SMILES string of the molecule is CCc1c(CC)c(Cc2cc(C(C)C)c(O)c(C(C)C)c2)c(Cc2cc(C(C)C)c(O)c(C(C)C)c2)c(CC)c1Cc1cc(C(C)C)c(O)c(C(C)C)c1. The average molecular weight is 733 g/mol. The summed E-state index contributed by atoms with van der Waals surface area (Å²) < 4.78 is 0. The van der Waals surface area contributed by atoms with E-state index < -0.39 is 0 Å². The molecule has 0 aromatic heterocycles. The van der Waals surface area contributed by atoms with E-state index in [4.69, 9.17) is 0 Å². The van der Waals surface area contributed by atoms with Crippen LogP contribution >= 0.6 is 0 Å². The highest BCUT2D eigenvalue weighted by atomic mass is 16.3. The van der Waals surface area contributed by atoms with Crippen molar-refractivity contribution < 1.29 is 15.3 Å². The van der Waals surface area contributed by atoms with Gasteiger partial charge in [-0.1, -0.05) is 140 Å². The van der Waals surface area contributed by atoms with Gasteiger partial charge in [-0.2, -0.15) is 0 Å². The van der Waals surface area contributed by atoms with E-state index in [2.05, 4.69) is 140 Å². The molecule has 0 amide bonds. The quantitative estimate of drug-likeness (QED) is 0.114. The average Bonchev–Trinajstić information content (AvgIpc) is 3.09. The lowest BCUT2D eigenvalue weighted by Gasteiger charge is -2.28. The molecule has 3 N–H and O–H groups in total. The summed E-state index contributed by atoms with van der Waals surface area (Å²) in [5, 5.41) is 34.1. The number of benzene rings is 4. The van der Waals surface area contributed by atoms with Crippen molar-refractivity contribution in [2.45, 2.75) is 178 Å². The van der Waals surface area contributed by atoms with Gasteiger partial charge < -0.3 is 15.3 Å². The topological polar surface area (TPSA) is 60.7 Å². The first-order valence-electron chi connectivity index (χ1n) is 21.1. The van der Waals surface area contributed by atoms with Crippen LogP contribution < -0.4 is 0 Å². The van der Waals surface area contributed by atoms with Crippen LogP contribution in [-0.2, 0) is 38.5 Å². The summed E-state index contributed by atoms with van der Waals surface area (Å²) in [6, 6.07) is 13.5. The molecule has 0 fully saturated rings. The highest BCUT2D eigenvalue weighted by Crippen LogP contribution is 2.42. The van der Waals surface area contributed by atoms with Gasteiger partial charge in [0.25, 0.3) is 0 Å². The summed E-state index contributed by atoms with van der Waals surface area (Å²) >= 11 is 0. The van der Waals surface area contributed by atoms with Gasteiger partial charge in [0.1, 0.15) is 17.2 Å². The summed E-state index contributed by atoms with van der Waals surface area (Å²) in [6.45, 7) is 33.0. The normalized spacial score (nSPS) is 12.2. The number of aromatic hydroxyl groups is 3. The molecule has 0 saturated carbocycles. The van der Waals surface area contributed by atoms with Crippen LogP contribution in [-0.4, -0.2) is 15.3 Å². The fourth-order valence-electron chi connectivity index (χ4n) is 8.81. The summed E-state index contributed by atoms with van der Waals surface area (Å²) in [4.78, 5) is 0. The zero-order chi connectivity index (χ0) is 40.3. The second kappa shape index (κ2) is 17.8.